The lowest BCUT2D eigenvalue weighted by atomic mass is 10.1. The molecule has 9 heteroatoms. The Morgan fingerprint density at radius 1 is 1.00 bits per heavy atom. The number of nitrogens with one attached hydrogen (secondary N) is 2. The number of likely N-dealkylation sites (N-methyl/N-ethyl adjacent to an activating group) is 1. The molecule has 0 bridgehead atoms. The Morgan fingerprint density at radius 2 is 1.72 bits per heavy atom. The molecule has 1 aromatic carbocycles. The van der Waals surface area contributed by atoms with Gasteiger partial charge in [0.15, 0.2) is 5.96 Å². The average Bonchev–Trinajstić information content (AvgIpc) is 2.81. The number of piperazine rings is 1. The van der Waals surface area contributed by atoms with Crippen molar-refractivity contribution in [1.82, 2.24) is 20.5 Å². The molecule has 174 valence electrons. The maximum atomic E-state index is 12.7. The predicted octanol–water partition coefficient (Wildman–Crippen LogP) is 3.50. The van der Waals surface area contributed by atoms with Gasteiger partial charge in [-0.1, -0.05) is 19.1 Å². The molecule has 1 aliphatic heterocycles. The van der Waals surface area contributed by atoms with Crippen LogP contribution in [0.3, 0.4) is 0 Å². The molecule has 0 radical (unpaired) electrons. The van der Waals surface area contributed by atoms with Crippen molar-refractivity contribution in [3.8, 4) is 0 Å². The molecule has 2 N–H and O–H groups in total. The zero-order valence-electron chi connectivity index (χ0n) is 18.6. The van der Waals surface area contributed by atoms with Gasteiger partial charge in [0.1, 0.15) is 5.82 Å². The molecule has 0 atom stereocenters. The van der Waals surface area contributed by atoms with Crippen molar-refractivity contribution < 1.29 is 13.2 Å². The zero-order valence-corrected chi connectivity index (χ0v) is 18.6. The van der Waals surface area contributed by atoms with Crippen molar-refractivity contribution in [3.63, 3.8) is 0 Å². The van der Waals surface area contributed by atoms with Crippen molar-refractivity contribution in [2.75, 3.05) is 44.2 Å². The molecule has 2 aromatic rings. The molecule has 1 fully saturated rings. The number of anilines is 1. The SMILES string of the molecule is CCNC(=NCc1ccnc(N2CCN(CC)CC2)c1)NCc1ccc(C(F)(F)F)cc1. The molecule has 1 aliphatic rings. The summed E-state index contributed by atoms with van der Waals surface area (Å²) in [5.41, 5.74) is 1.16. The number of aliphatic imine (C=N–C) groups is 1. The molecular weight excluding hydrogens is 417 g/mol. The molecule has 0 unspecified atom stereocenters. The number of hydrogen-bond acceptors (Lipinski definition) is 4. The lowest BCUT2D eigenvalue weighted by molar-refractivity contribution is -0.137. The van der Waals surface area contributed by atoms with Crippen LogP contribution in [-0.4, -0.2) is 55.1 Å². The molecule has 0 aliphatic carbocycles. The standard InChI is InChI=1S/C23H31F3N6/c1-3-27-22(29-16-18-5-7-20(8-6-18)23(24,25)26)30-17-19-9-10-28-21(15-19)32-13-11-31(4-2)12-14-32/h5-10,15H,3-4,11-14,16-17H2,1-2H3,(H2,27,29,30). The van der Waals surface area contributed by atoms with E-state index in [2.05, 4.69) is 43.4 Å². The van der Waals surface area contributed by atoms with Crippen molar-refractivity contribution in [2.45, 2.75) is 33.1 Å². The highest BCUT2D eigenvalue weighted by Crippen LogP contribution is 2.29. The lowest BCUT2D eigenvalue weighted by Gasteiger charge is -2.34. The van der Waals surface area contributed by atoms with Gasteiger partial charge in [-0.25, -0.2) is 9.98 Å². The first-order chi connectivity index (χ1) is 15.4. The normalized spacial score (nSPS) is 15.7. The Bertz CT molecular complexity index is 874. The molecule has 0 spiro atoms. The third-order valence-electron chi connectivity index (χ3n) is 5.46. The van der Waals surface area contributed by atoms with E-state index in [0.29, 0.717) is 25.6 Å². The minimum atomic E-state index is -4.32. The van der Waals surface area contributed by atoms with Crippen LogP contribution in [0.4, 0.5) is 19.0 Å². The number of aromatic nitrogens is 1. The van der Waals surface area contributed by atoms with Crippen LogP contribution in [0, 0.1) is 0 Å². The second-order valence-electron chi connectivity index (χ2n) is 7.69. The molecule has 0 saturated carbocycles. The number of rotatable bonds is 7. The number of pyridine rings is 1. The summed E-state index contributed by atoms with van der Waals surface area (Å²) < 4.78 is 38.2. The molecule has 6 nitrogen and oxygen atoms in total. The van der Waals surface area contributed by atoms with Gasteiger partial charge in [-0.2, -0.15) is 13.2 Å². The Morgan fingerprint density at radius 3 is 2.34 bits per heavy atom. The fraction of sp³-hybridized carbons (Fsp3) is 0.478. The van der Waals surface area contributed by atoms with Crippen molar-refractivity contribution in [3.05, 3.63) is 59.3 Å². The topological polar surface area (TPSA) is 55.8 Å². The second kappa shape index (κ2) is 11.2. The van der Waals surface area contributed by atoms with E-state index in [4.69, 9.17) is 0 Å². The molecule has 3 rings (SSSR count). The van der Waals surface area contributed by atoms with Gasteiger partial charge in [0.25, 0.3) is 0 Å². The van der Waals surface area contributed by atoms with E-state index in [1.54, 1.807) is 0 Å². The van der Waals surface area contributed by atoms with Gasteiger partial charge in [0.05, 0.1) is 12.1 Å². The molecular formula is C23H31F3N6. The van der Waals surface area contributed by atoms with E-state index >= 15 is 0 Å². The summed E-state index contributed by atoms with van der Waals surface area (Å²) in [6.07, 6.45) is -2.51. The monoisotopic (exact) mass is 448 g/mol. The largest absolute Gasteiger partial charge is 0.416 e. The first-order valence-corrected chi connectivity index (χ1v) is 11.0. The zero-order chi connectivity index (χ0) is 23.0. The average molecular weight is 449 g/mol. The van der Waals surface area contributed by atoms with Gasteiger partial charge < -0.3 is 20.4 Å². The van der Waals surface area contributed by atoms with Crippen molar-refractivity contribution >= 4 is 11.8 Å². The Kier molecular flexibility index (Phi) is 8.33. The minimum Gasteiger partial charge on any atom is -0.357 e. The first-order valence-electron chi connectivity index (χ1n) is 11.0. The molecule has 1 saturated heterocycles. The summed E-state index contributed by atoms with van der Waals surface area (Å²) in [5.74, 6) is 1.58. The predicted molar refractivity (Wildman–Crippen MR) is 122 cm³/mol. The lowest BCUT2D eigenvalue weighted by Crippen LogP contribution is -2.46. The van der Waals surface area contributed by atoms with Gasteiger partial charge in [-0.05, 0) is 48.9 Å². The number of hydrogen-bond donors (Lipinski definition) is 2. The van der Waals surface area contributed by atoms with Crippen LogP contribution >= 0.6 is 0 Å². The maximum Gasteiger partial charge on any atom is 0.416 e. The number of nitrogens with zero attached hydrogens (tertiary/aromatic N) is 4. The van der Waals surface area contributed by atoms with Crippen LogP contribution in [0.5, 0.6) is 0 Å². The van der Waals surface area contributed by atoms with E-state index in [0.717, 1.165) is 61.8 Å². The van der Waals surface area contributed by atoms with Crippen LogP contribution in [-0.2, 0) is 19.3 Å². The maximum absolute atomic E-state index is 12.7. The minimum absolute atomic E-state index is 0.382. The summed E-state index contributed by atoms with van der Waals surface area (Å²) >= 11 is 0. The van der Waals surface area contributed by atoms with E-state index in [-0.39, 0.29) is 0 Å². The van der Waals surface area contributed by atoms with Gasteiger partial charge >= 0.3 is 6.18 Å². The fourth-order valence-corrected chi connectivity index (χ4v) is 3.53. The van der Waals surface area contributed by atoms with Crippen molar-refractivity contribution in [1.29, 1.82) is 0 Å². The third-order valence-corrected chi connectivity index (χ3v) is 5.46. The van der Waals surface area contributed by atoms with Crippen LogP contribution in [0.1, 0.15) is 30.5 Å². The summed E-state index contributed by atoms with van der Waals surface area (Å²) in [6, 6.07) is 9.18. The molecule has 2 heterocycles. The summed E-state index contributed by atoms with van der Waals surface area (Å²) in [5, 5.41) is 6.36. The number of alkyl halides is 3. The molecule has 1 aromatic heterocycles. The number of halogens is 3. The van der Waals surface area contributed by atoms with Crippen LogP contribution in [0.15, 0.2) is 47.6 Å². The van der Waals surface area contributed by atoms with Crippen molar-refractivity contribution in [2.24, 2.45) is 4.99 Å². The Labute approximate surface area is 187 Å². The van der Waals surface area contributed by atoms with E-state index in [9.17, 15) is 13.2 Å². The van der Waals surface area contributed by atoms with Gasteiger partial charge in [0, 0.05) is 45.5 Å². The van der Waals surface area contributed by atoms with Gasteiger partial charge in [-0.15, -0.1) is 0 Å². The number of benzene rings is 1. The van der Waals surface area contributed by atoms with Crippen LogP contribution < -0.4 is 15.5 Å². The Hall–Kier alpha value is -2.81. The molecule has 0 amide bonds. The van der Waals surface area contributed by atoms with E-state index < -0.39 is 11.7 Å². The smallest absolute Gasteiger partial charge is 0.357 e. The van der Waals surface area contributed by atoms with Crippen LogP contribution in [0.25, 0.3) is 0 Å². The highest BCUT2D eigenvalue weighted by molar-refractivity contribution is 5.79. The Balaban J connectivity index is 1.59. The summed E-state index contributed by atoms with van der Waals surface area (Å²) in [7, 11) is 0. The summed E-state index contributed by atoms with van der Waals surface area (Å²) in [4.78, 5) is 13.9. The van der Waals surface area contributed by atoms with Gasteiger partial charge in [-0.3, -0.25) is 0 Å². The fourth-order valence-electron chi connectivity index (χ4n) is 3.53. The van der Waals surface area contributed by atoms with E-state index in [1.165, 1.54) is 12.1 Å². The summed E-state index contributed by atoms with van der Waals surface area (Å²) in [6.45, 7) is 10.8. The highest BCUT2D eigenvalue weighted by atomic mass is 19.4. The highest BCUT2D eigenvalue weighted by Gasteiger charge is 2.29. The number of guanidine groups is 1. The molecule has 32 heavy (non-hydrogen) atoms. The first kappa shape index (κ1) is 23.8. The van der Waals surface area contributed by atoms with Crippen LogP contribution in [0.2, 0.25) is 0 Å². The van der Waals surface area contributed by atoms with E-state index in [1.807, 2.05) is 19.2 Å². The quantitative estimate of drug-likeness (QED) is 0.502. The second-order valence-corrected chi connectivity index (χ2v) is 7.69. The van der Waals surface area contributed by atoms with Gasteiger partial charge in [0.2, 0.25) is 0 Å². The third kappa shape index (κ3) is 6.85.